The first-order chi connectivity index (χ1) is 9.38. The van der Waals surface area contributed by atoms with E-state index in [0.717, 1.165) is 5.56 Å². The molecular weight excluding hydrogens is 288 g/mol. The lowest BCUT2D eigenvalue weighted by molar-refractivity contribution is -0.124. The Hall–Kier alpha value is -1.10. The SMILES string of the molecule is COC(CN)CC(=O)NC(c1ccccc1)C(C)(C)C.Cl. The fraction of sp³-hybridized carbons (Fsp3) is 0.562. The molecule has 1 aromatic rings. The summed E-state index contributed by atoms with van der Waals surface area (Å²) in [6, 6.07) is 9.97. The third kappa shape index (κ3) is 6.46. The average molecular weight is 315 g/mol. The normalized spacial score (nSPS) is 14.0. The quantitative estimate of drug-likeness (QED) is 0.848. The summed E-state index contributed by atoms with van der Waals surface area (Å²) in [5.74, 6) is -0.0360. The van der Waals surface area contributed by atoms with Crippen molar-refractivity contribution in [2.75, 3.05) is 13.7 Å². The van der Waals surface area contributed by atoms with E-state index in [1.54, 1.807) is 7.11 Å². The molecule has 0 fully saturated rings. The number of nitrogens with two attached hydrogens (primary N) is 1. The van der Waals surface area contributed by atoms with Crippen molar-refractivity contribution in [1.82, 2.24) is 5.32 Å². The predicted octanol–water partition coefficient (Wildman–Crippen LogP) is 2.68. The minimum absolute atomic E-state index is 0. The van der Waals surface area contributed by atoms with Crippen molar-refractivity contribution < 1.29 is 9.53 Å². The number of carbonyl (C=O) groups excluding carboxylic acids is 1. The van der Waals surface area contributed by atoms with E-state index < -0.39 is 0 Å². The lowest BCUT2D eigenvalue weighted by Gasteiger charge is -2.32. The van der Waals surface area contributed by atoms with E-state index in [4.69, 9.17) is 10.5 Å². The van der Waals surface area contributed by atoms with E-state index in [9.17, 15) is 4.79 Å². The summed E-state index contributed by atoms with van der Waals surface area (Å²) in [4.78, 5) is 12.2. The molecule has 0 aliphatic heterocycles. The summed E-state index contributed by atoms with van der Waals surface area (Å²) in [6.45, 7) is 6.68. The van der Waals surface area contributed by atoms with Crippen molar-refractivity contribution in [3.63, 3.8) is 0 Å². The summed E-state index contributed by atoms with van der Waals surface area (Å²) in [5, 5.41) is 3.10. The van der Waals surface area contributed by atoms with Gasteiger partial charge in [0.25, 0.3) is 0 Å². The second-order valence-electron chi connectivity index (χ2n) is 6.07. The van der Waals surface area contributed by atoms with Crippen LogP contribution >= 0.6 is 12.4 Å². The Morgan fingerprint density at radius 2 is 1.86 bits per heavy atom. The minimum Gasteiger partial charge on any atom is -0.380 e. The van der Waals surface area contributed by atoms with Gasteiger partial charge in [-0.25, -0.2) is 0 Å². The second-order valence-corrected chi connectivity index (χ2v) is 6.07. The molecule has 4 nitrogen and oxygen atoms in total. The van der Waals surface area contributed by atoms with Gasteiger partial charge in [-0.15, -0.1) is 12.4 Å². The van der Waals surface area contributed by atoms with Gasteiger partial charge in [0.15, 0.2) is 0 Å². The zero-order valence-corrected chi connectivity index (χ0v) is 14.1. The number of halogens is 1. The topological polar surface area (TPSA) is 64.3 Å². The van der Waals surface area contributed by atoms with Gasteiger partial charge in [0.05, 0.1) is 18.6 Å². The number of hydrogen-bond donors (Lipinski definition) is 2. The second kappa shape index (κ2) is 9.03. The van der Waals surface area contributed by atoms with E-state index in [1.165, 1.54) is 0 Å². The number of benzene rings is 1. The molecule has 0 radical (unpaired) electrons. The average Bonchev–Trinajstić information content (AvgIpc) is 2.42. The fourth-order valence-corrected chi connectivity index (χ4v) is 2.13. The Labute approximate surface area is 133 Å². The molecule has 3 N–H and O–H groups in total. The van der Waals surface area contributed by atoms with Gasteiger partial charge in [-0.1, -0.05) is 51.1 Å². The molecule has 0 saturated heterocycles. The van der Waals surface area contributed by atoms with Crippen LogP contribution < -0.4 is 11.1 Å². The molecule has 0 heterocycles. The highest BCUT2D eigenvalue weighted by atomic mass is 35.5. The van der Waals surface area contributed by atoms with Crippen LogP contribution in [0.4, 0.5) is 0 Å². The highest BCUT2D eigenvalue weighted by Gasteiger charge is 2.28. The van der Waals surface area contributed by atoms with Crippen molar-refractivity contribution in [1.29, 1.82) is 0 Å². The van der Waals surface area contributed by atoms with E-state index >= 15 is 0 Å². The maximum atomic E-state index is 12.2. The molecule has 1 aromatic carbocycles. The Bertz CT molecular complexity index is 414. The molecule has 2 atom stereocenters. The van der Waals surface area contributed by atoms with Crippen LogP contribution in [0.15, 0.2) is 30.3 Å². The Morgan fingerprint density at radius 1 is 1.29 bits per heavy atom. The highest BCUT2D eigenvalue weighted by Crippen LogP contribution is 2.32. The minimum atomic E-state index is -0.230. The molecule has 0 aliphatic carbocycles. The molecule has 0 aliphatic rings. The van der Waals surface area contributed by atoms with E-state index in [1.807, 2.05) is 30.3 Å². The van der Waals surface area contributed by atoms with Gasteiger partial charge in [0.2, 0.25) is 5.91 Å². The van der Waals surface area contributed by atoms with Crippen molar-refractivity contribution in [2.24, 2.45) is 11.1 Å². The van der Waals surface area contributed by atoms with Gasteiger partial charge in [-0.3, -0.25) is 4.79 Å². The predicted molar refractivity (Wildman–Crippen MR) is 88.5 cm³/mol. The monoisotopic (exact) mass is 314 g/mol. The molecule has 0 aromatic heterocycles. The number of amides is 1. The van der Waals surface area contributed by atoms with Crippen molar-refractivity contribution >= 4 is 18.3 Å². The van der Waals surface area contributed by atoms with Gasteiger partial charge in [-0.2, -0.15) is 0 Å². The first-order valence-electron chi connectivity index (χ1n) is 6.95. The van der Waals surface area contributed by atoms with Gasteiger partial charge in [0, 0.05) is 13.7 Å². The molecule has 21 heavy (non-hydrogen) atoms. The summed E-state index contributed by atoms with van der Waals surface area (Å²) < 4.78 is 5.16. The van der Waals surface area contributed by atoms with Crippen LogP contribution in [0.25, 0.3) is 0 Å². The smallest absolute Gasteiger partial charge is 0.223 e. The van der Waals surface area contributed by atoms with Crippen LogP contribution in [0.1, 0.15) is 38.8 Å². The molecule has 0 saturated carbocycles. The van der Waals surface area contributed by atoms with Gasteiger partial charge in [-0.05, 0) is 11.0 Å². The molecule has 0 spiro atoms. The molecule has 120 valence electrons. The maximum absolute atomic E-state index is 12.2. The Balaban J connectivity index is 0.00000400. The number of methoxy groups -OCH3 is 1. The van der Waals surface area contributed by atoms with Crippen LogP contribution in [-0.4, -0.2) is 25.7 Å². The lowest BCUT2D eigenvalue weighted by atomic mass is 9.82. The van der Waals surface area contributed by atoms with Gasteiger partial charge in [0.1, 0.15) is 0 Å². The number of nitrogens with one attached hydrogen (secondary N) is 1. The lowest BCUT2D eigenvalue weighted by Crippen LogP contribution is -2.39. The van der Waals surface area contributed by atoms with E-state index in [-0.39, 0.29) is 42.3 Å². The number of rotatable bonds is 6. The Morgan fingerprint density at radius 3 is 2.29 bits per heavy atom. The zero-order chi connectivity index (χ0) is 15.2. The maximum Gasteiger partial charge on any atom is 0.223 e. The highest BCUT2D eigenvalue weighted by molar-refractivity contribution is 5.85. The first kappa shape index (κ1) is 19.9. The third-order valence-corrected chi connectivity index (χ3v) is 3.31. The van der Waals surface area contributed by atoms with Crippen molar-refractivity contribution in [3.8, 4) is 0 Å². The molecule has 1 amide bonds. The summed E-state index contributed by atoms with van der Waals surface area (Å²) in [5.41, 5.74) is 6.59. The Kier molecular flexibility index (Phi) is 8.55. The number of hydrogen-bond acceptors (Lipinski definition) is 3. The summed E-state index contributed by atoms with van der Waals surface area (Å²) in [6.07, 6.45) is 0.0539. The van der Waals surface area contributed by atoms with Gasteiger partial charge < -0.3 is 15.8 Å². The van der Waals surface area contributed by atoms with E-state index in [0.29, 0.717) is 6.54 Å². The van der Waals surface area contributed by atoms with Gasteiger partial charge >= 0.3 is 0 Å². The molecule has 1 rings (SSSR count). The van der Waals surface area contributed by atoms with Crippen molar-refractivity contribution in [3.05, 3.63) is 35.9 Å². The first-order valence-corrected chi connectivity index (χ1v) is 6.95. The standard InChI is InChI=1S/C16H26N2O2.ClH/c1-16(2,3)15(12-8-6-5-7-9-12)18-14(19)10-13(11-17)20-4;/h5-9,13,15H,10-11,17H2,1-4H3,(H,18,19);1H. The summed E-state index contributed by atoms with van der Waals surface area (Å²) >= 11 is 0. The van der Waals surface area contributed by atoms with Crippen LogP contribution in [0.5, 0.6) is 0 Å². The van der Waals surface area contributed by atoms with Crippen LogP contribution in [0, 0.1) is 5.41 Å². The fourth-order valence-electron chi connectivity index (χ4n) is 2.13. The molecular formula is C16H27ClN2O2. The molecule has 0 bridgehead atoms. The van der Waals surface area contributed by atoms with E-state index in [2.05, 4.69) is 26.1 Å². The van der Waals surface area contributed by atoms with Crippen LogP contribution in [0.2, 0.25) is 0 Å². The molecule has 2 unspecified atom stereocenters. The van der Waals surface area contributed by atoms with Crippen LogP contribution in [0.3, 0.4) is 0 Å². The third-order valence-electron chi connectivity index (χ3n) is 3.31. The summed E-state index contributed by atoms with van der Waals surface area (Å²) in [7, 11) is 1.57. The zero-order valence-electron chi connectivity index (χ0n) is 13.3. The number of ether oxygens (including phenoxy) is 1. The van der Waals surface area contributed by atoms with Crippen LogP contribution in [-0.2, 0) is 9.53 Å². The number of carbonyl (C=O) groups is 1. The largest absolute Gasteiger partial charge is 0.380 e. The molecule has 5 heteroatoms. The van der Waals surface area contributed by atoms with Crippen molar-refractivity contribution in [2.45, 2.75) is 39.3 Å².